The lowest BCUT2D eigenvalue weighted by atomic mass is 10.0. The number of benzene rings is 2. The quantitative estimate of drug-likeness (QED) is 0.862. The maximum absolute atomic E-state index is 12.6. The van der Waals surface area contributed by atoms with Crippen molar-refractivity contribution in [2.45, 2.75) is 36.7 Å². The van der Waals surface area contributed by atoms with Gasteiger partial charge in [0.05, 0.1) is 18.5 Å². The van der Waals surface area contributed by atoms with Gasteiger partial charge >= 0.3 is 0 Å². The molecule has 0 spiro atoms. The fourth-order valence-electron chi connectivity index (χ4n) is 3.11. The van der Waals surface area contributed by atoms with Crippen LogP contribution in [0.4, 0.5) is 0 Å². The normalized spacial score (nSPS) is 17.2. The Morgan fingerprint density at radius 2 is 1.84 bits per heavy atom. The molecule has 5 heteroatoms. The van der Waals surface area contributed by atoms with Gasteiger partial charge in [0.2, 0.25) is 11.8 Å². The van der Waals surface area contributed by atoms with Crippen LogP contribution in [0.3, 0.4) is 0 Å². The number of rotatable bonds is 5. The second-order valence-electron chi connectivity index (χ2n) is 6.16. The number of nitrogens with one attached hydrogen (secondary N) is 2. The van der Waals surface area contributed by atoms with E-state index < -0.39 is 0 Å². The average Bonchev–Trinajstić information content (AvgIpc) is 2.62. The summed E-state index contributed by atoms with van der Waals surface area (Å²) >= 11 is 1.83. The number of fused-ring (bicyclic) bond motifs is 1. The fourth-order valence-corrected chi connectivity index (χ4v) is 4.24. The molecular formula is C20H22N2O2S. The molecule has 4 nitrogen and oxygen atoms in total. The number of amides is 2. The van der Waals surface area contributed by atoms with E-state index in [9.17, 15) is 9.59 Å². The first-order valence-electron chi connectivity index (χ1n) is 8.46. The summed E-state index contributed by atoms with van der Waals surface area (Å²) in [6, 6.07) is 17.5. The highest BCUT2D eigenvalue weighted by molar-refractivity contribution is 7.99. The van der Waals surface area contributed by atoms with Crippen LogP contribution in [0.5, 0.6) is 0 Å². The molecule has 2 aromatic carbocycles. The van der Waals surface area contributed by atoms with Crippen LogP contribution >= 0.6 is 11.8 Å². The van der Waals surface area contributed by atoms with Crippen molar-refractivity contribution < 1.29 is 9.59 Å². The fraction of sp³-hybridized carbons (Fsp3) is 0.300. The van der Waals surface area contributed by atoms with Crippen molar-refractivity contribution in [3.05, 3.63) is 65.7 Å². The molecule has 0 fully saturated rings. The SMILES string of the molecule is CC(=O)NC(CC(=O)NC1CCSc2ccccc21)c1ccccc1. The Kier molecular flexibility index (Phi) is 5.76. The monoisotopic (exact) mass is 354 g/mol. The minimum atomic E-state index is -0.313. The summed E-state index contributed by atoms with van der Waals surface area (Å²) in [6.45, 7) is 1.47. The van der Waals surface area contributed by atoms with Gasteiger partial charge in [0.25, 0.3) is 0 Å². The number of carbonyl (C=O) groups is 2. The van der Waals surface area contributed by atoms with Crippen LogP contribution in [0.2, 0.25) is 0 Å². The largest absolute Gasteiger partial charge is 0.349 e. The van der Waals surface area contributed by atoms with Crippen molar-refractivity contribution in [2.24, 2.45) is 0 Å². The smallest absolute Gasteiger partial charge is 0.222 e. The third kappa shape index (κ3) is 4.63. The molecule has 2 unspecified atom stereocenters. The zero-order valence-corrected chi connectivity index (χ0v) is 15.0. The molecule has 0 aromatic heterocycles. The minimum Gasteiger partial charge on any atom is -0.349 e. The molecule has 1 aliphatic rings. The standard InChI is InChI=1S/C20H22N2O2S/c1-14(23)21-18(15-7-3-2-4-8-15)13-20(24)22-17-11-12-25-19-10-6-5-9-16(17)19/h2-10,17-18H,11-13H2,1H3,(H,21,23)(H,22,24). The average molecular weight is 354 g/mol. The van der Waals surface area contributed by atoms with Crippen LogP contribution in [0.15, 0.2) is 59.5 Å². The molecule has 2 atom stereocenters. The highest BCUT2D eigenvalue weighted by atomic mass is 32.2. The van der Waals surface area contributed by atoms with E-state index in [1.54, 1.807) is 0 Å². The van der Waals surface area contributed by atoms with Gasteiger partial charge in [-0.2, -0.15) is 0 Å². The van der Waals surface area contributed by atoms with E-state index in [1.807, 2.05) is 54.2 Å². The summed E-state index contributed by atoms with van der Waals surface area (Å²) in [4.78, 5) is 25.4. The van der Waals surface area contributed by atoms with Gasteiger partial charge < -0.3 is 10.6 Å². The zero-order chi connectivity index (χ0) is 17.6. The predicted molar refractivity (Wildman–Crippen MR) is 100 cm³/mol. The topological polar surface area (TPSA) is 58.2 Å². The van der Waals surface area contributed by atoms with Crippen LogP contribution in [0, 0.1) is 0 Å². The molecule has 2 N–H and O–H groups in total. The minimum absolute atomic E-state index is 0.0405. The van der Waals surface area contributed by atoms with Crippen molar-refractivity contribution in [1.29, 1.82) is 0 Å². The van der Waals surface area contributed by atoms with Gasteiger partial charge in [0.1, 0.15) is 0 Å². The van der Waals surface area contributed by atoms with Gasteiger partial charge in [0.15, 0.2) is 0 Å². The Morgan fingerprint density at radius 3 is 2.60 bits per heavy atom. The molecule has 0 saturated heterocycles. The van der Waals surface area contributed by atoms with E-state index in [0.29, 0.717) is 0 Å². The van der Waals surface area contributed by atoms with Crippen LogP contribution in [-0.4, -0.2) is 17.6 Å². The first-order valence-corrected chi connectivity index (χ1v) is 9.45. The van der Waals surface area contributed by atoms with Gasteiger partial charge in [-0.05, 0) is 23.6 Å². The van der Waals surface area contributed by atoms with Crippen molar-refractivity contribution in [3.63, 3.8) is 0 Å². The van der Waals surface area contributed by atoms with Crippen molar-refractivity contribution in [3.8, 4) is 0 Å². The van der Waals surface area contributed by atoms with E-state index in [0.717, 1.165) is 17.7 Å². The summed E-state index contributed by atoms with van der Waals surface area (Å²) in [6.07, 6.45) is 1.15. The number of thioether (sulfide) groups is 1. The van der Waals surface area contributed by atoms with Crippen LogP contribution < -0.4 is 10.6 Å². The Balaban J connectivity index is 1.69. The van der Waals surface area contributed by atoms with Gasteiger partial charge in [-0.3, -0.25) is 9.59 Å². The van der Waals surface area contributed by atoms with Gasteiger partial charge in [-0.15, -0.1) is 11.8 Å². The summed E-state index contributed by atoms with van der Waals surface area (Å²) < 4.78 is 0. The van der Waals surface area contributed by atoms with E-state index in [2.05, 4.69) is 22.8 Å². The molecular weight excluding hydrogens is 332 g/mol. The van der Waals surface area contributed by atoms with Crippen LogP contribution in [0.1, 0.15) is 43.0 Å². The molecule has 2 aromatic rings. The lowest BCUT2D eigenvalue weighted by molar-refractivity contribution is -0.123. The number of hydrogen-bond donors (Lipinski definition) is 2. The van der Waals surface area contributed by atoms with Crippen molar-refractivity contribution in [1.82, 2.24) is 10.6 Å². The van der Waals surface area contributed by atoms with E-state index in [1.165, 1.54) is 17.4 Å². The molecule has 0 bridgehead atoms. The van der Waals surface area contributed by atoms with Crippen LogP contribution in [-0.2, 0) is 9.59 Å². The molecule has 3 rings (SSSR count). The molecule has 1 heterocycles. The maximum atomic E-state index is 12.6. The van der Waals surface area contributed by atoms with Crippen LogP contribution in [0.25, 0.3) is 0 Å². The first kappa shape index (κ1) is 17.5. The first-order chi connectivity index (χ1) is 12.1. The van der Waals surface area contributed by atoms with E-state index in [-0.39, 0.29) is 30.3 Å². The highest BCUT2D eigenvalue weighted by Gasteiger charge is 2.24. The molecule has 1 aliphatic heterocycles. The van der Waals surface area contributed by atoms with Gasteiger partial charge in [-0.1, -0.05) is 48.5 Å². The lowest BCUT2D eigenvalue weighted by Gasteiger charge is -2.27. The summed E-state index contributed by atoms with van der Waals surface area (Å²) in [7, 11) is 0. The van der Waals surface area contributed by atoms with E-state index in [4.69, 9.17) is 0 Å². The summed E-state index contributed by atoms with van der Waals surface area (Å²) in [5, 5.41) is 6.02. The molecule has 0 saturated carbocycles. The van der Waals surface area contributed by atoms with Crippen molar-refractivity contribution in [2.75, 3.05) is 5.75 Å². The van der Waals surface area contributed by atoms with E-state index >= 15 is 0 Å². The molecule has 130 valence electrons. The van der Waals surface area contributed by atoms with Gasteiger partial charge in [-0.25, -0.2) is 0 Å². The van der Waals surface area contributed by atoms with Crippen molar-refractivity contribution >= 4 is 23.6 Å². The second kappa shape index (κ2) is 8.21. The zero-order valence-electron chi connectivity index (χ0n) is 14.2. The summed E-state index contributed by atoms with van der Waals surface area (Å²) in [5.41, 5.74) is 2.12. The summed E-state index contributed by atoms with van der Waals surface area (Å²) in [5.74, 6) is 0.811. The predicted octanol–water partition coefficient (Wildman–Crippen LogP) is 3.61. The second-order valence-corrected chi connectivity index (χ2v) is 7.30. The Morgan fingerprint density at radius 1 is 1.12 bits per heavy atom. The van der Waals surface area contributed by atoms with Gasteiger partial charge in [0, 0.05) is 17.6 Å². The number of carbonyl (C=O) groups excluding carboxylic acids is 2. The third-order valence-corrected chi connectivity index (χ3v) is 5.39. The Labute approximate surface area is 152 Å². The molecule has 0 aliphatic carbocycles. The molecule has 2 amide bonds. The Hall–Kier alpha value is -2.27. The highest BCUT2D eigenvalue weighted by Crippen LogP contribution is 2.35. The molecule has 0 radical (unpaired) electrons. The number of hydrogen-bond acceptors (Lipinski definition) is 3. The Bertz CT molecular complexity index is 748. The maximum Gasteiger partial charge on any atom is 0.222 e. The third-order valence-electron chi connectivity index (χ3n) is 4.26. The lowest BCUT2D eigenvalue weighted by Crippen LogP contribution is -2.35. The molecule has 25 heavy (non-hydrogen) atoms.